The summed E-state index contributed by atoms with van der Waals surface area (Å²) in [7, 11) is 0. The van der Waals surface area contributed by atoms with Crippen LogP contribution in [0.15, 0.2) is 60.7 Å². The van der Waals surface area contributed by atoms with Crippen molar-refractivity contribution in [1.29, 1.82) is 0 Å². The quantitative estimate of drug-likeness (QED) is 0.798. The highest BCUT2D eigenvalue weighted by molar-refractivity contribution is 5.86. The van der Waals surface area contributed by atoms with Crippen molar-refractivity contribution >= 4 is 5.78 Å². The first-order chi connectivity index (χ1) is 12.8. The molecule has 0 radical (unpaired) electrons. The molecule has 2 heteroatoms. The van der Waals surface area contributed by atoms with Gasteiger partial charge in [-0.25, -0.2) is 0 Å². The van der Waals surface area contributed by atoms with E-state index < -0.39 is 0 Å². The number of rotatable bonds is 3. The smallest absolute Gasteiger partial charge is 0.139 e. The SMILES string of the molecule is O=C1CC2(N3CCCC3)C[C@@H](c3ccccc3)C1[C@H](c1ccccc1)C2. The second-order valence-electron chi connectivity index (χ2n) is 8.53. The van der Waals surface area contributed by atoms with Gasteiger partial charge in [0, 0.05) is 17.9 Å². The minimum Gasteiger partial charge on any atom is -0.299 e. The third-order valence-corrected chi connectivity index (χ3v) is 7.17. The number of carbonyl (C=O) groups excluding carboxylic acids is 1. The molecule has 3 saturated carbocycles. The highest BCUT2D eigenvalue weighted by Gasteiger charge is 2.57. The molecule has 2 bridgehead atoms. The summed E-state index contributed by atoms with van der Waals surface area (Å²) in [6.45, 7) is 2.34. The van der Waals surface area contributed by atoms with Gasteiger partial charge < -0.3 is 0 Å². The molecule has 2 nitrogen and oxygen atoms in total. The van der Waals surface area contributed by atoms with Crippen LogP contribution in [0.3, 0.4) is 0 Å². The van der Waals surface area contributed by atoms with Crippen LogP contribution < -0.4 is 0 Å². The van der Waals surface area contributed by atoms with Gasteiger partial charge in [-0.1, -0.05) is 60.7 Å². The molecule has 3 aliphatic carbocycles. The fourth-order valence-electron chi connectivity index (χ4n) is 6.08. The van der Waals surface area contributed by atoms with Crippen LogP contribution in [-0.4, -0.2) is 29.3 Å². The van der Waals surface area contributed by atoms with Crippen LogP contribution in [0, 0.1) is 5.92 Å². The van der Waals surface area contributed by atoms with Gasteiger partial charge in [-0.3, -0.25) is 9.69 Å². The van der Waals surface area contributed by atoms with Gasteiger partial charge >= 0.3 is 0 Å². The number of hydrogen-bond acceptors (Lipinski definition) is 2. The van der Waals surface area contributed by atoms with Crippen molar-refractivity contribution in [3.63, 3.8) is 0 Å². The van der Waals surface area contributed by atoms with Crippen molar-refractivity contribution in [3.8, 4) is 0 Å². The molecule has 4 fully saturated rings. The number of Topliss-reactive ketones (excluding diaryl/α,β-unsaturated/α-hetero) is 1. The Morgan fingerprint density at radius 1 is 0.769 bits per heavy atom. The summed E-state index contributed by atoms with van der Waals surface area (Å²) in [5.74, 6) is 1.36. The minimum atomic E-state index is 0.0728. The number of hydrogen-bond donors (Lipinski definition) is 0. The van der Waals surface area contributed by atoms with Crippen LogP contribution in [0.25, 0.3) is 0 Å². The molecule has 26 heavy (non-hydrogen) atoms. The lowest BCUT2D eigenvalue weighted by Crippen LogP contribution is -2.60. The van der Waals surface area contributed by atoms with Gasteiger partial charge in [0.05, 0.1) is 0 Å². The molecule has 4 aliphatic rings. The molecule has 0 N–H and O–H groups in total. The molecule has 1 aliphatic heterocycles. The van der Waals surface area contributed by atoms with Crippen LogP contribution in [0.2, 0.25) is 0 Å². The van der Waals surface area contributed by atoms with Gasteiger partial charge in [0.2, 0.25) is 0 Å². The Labute approximate surface area is 156 Å². The predicted octanol–water partition coefficient (Wildman–Crippen LogP) is 4.77. The van der Waals surface area contributed by atoms with Crippen LogP contribution in [0.5, 0.6) is 0 Å². The van der Waals surface area contributed by atoms with Crippen molar-refractivity contribution in [2.45, 2.75) is 49.5 Å². The van der Waals surface area contributed by atoms with Gasteiger partial charge in [0.25, 0.3) is 0 Å². The molecule has 6 rings (SSSR count). The van der Waals surface area contributed by atoms with E-state index in [2.05, 4.69) is 65.6 Å². The molecule has 0 unspecified atom stereocenters. The molecule has 1 saturated heterocycles. The van der Waals surface area contributed by atoms with E-state index in [1.807, 2.05) is 0 Å². The van der Waals surface area contributed by atoms with E-state index in [0.29, 0.717) is 17.6 Å². The lowest BCUT2D eigenvalue weighted by Gasteiger charge is -2.57. The summed E-state index contributed by atoms with van der Waals surface area (Å²) in [5.41, 5.74) is 2.79. The summed E-state index contributed by atoms with van der Waals surface area (Å²) in [6.07, 6.45) is 5.63. The predicted molar refractivity (Wildman–Crippen MR) is 104 cm³/mol. The fraction of sp³-hybridized carbons (Fsp3) is 0.458. The van der Waals surface area contributed by atoms with Crippen molar-refractivity contribution in [2.75, 3.05) is 13.1 Å². The molecular weight excluding hydrogens is 318 g/mol. The van der Waals surface area contributed by atoms with Crippen molar-refractivity contribution in [1.82, 2.24) is 4.90 Å². The topological polar surface area (TPSA) is 20.3 Å². The first-order valence-electron chi connectivity index (χ1n) is 10.1. The average molecular weight is 345 g/mol. The molecule has 0 aromatic heterocycles. The molecular formula is C24H27NO. The van der Waals surface area contributed by atoms with Crippen molar-refractivity contribution in [2.24, 2.45) is 5.92 Å². The highest BCUT2D eigenvalue weighted by Crippen LogP contribution is 2.58. The van der Waals surface area contributed by atoms with E-state index in [0.717, 1.165) is 19.3 Å². The van der Waals surface area contributed by atoms with Gasteiger partial charge in [-0.2, -0.15) is 0 Å². The number of nitrogens with zero attached hydrogens (tertiary/aromatic N) is 1. The van der Waals surface area contributed by atoms with E-state index in [-0.39, 0.29) is 11.5 Å². The third-order valence-electron chi connectivity index (χ3n) is 7.17. The molecule has 2 atom stereocenters. The Morgan fingerprint density at radius 3 is 1.77 bits per heavy atom. The van der Waals surface area contributed by atoms with Crippen molar-refractivity contribution in [3.05, 3.63) is 71.8 Å². The molecule has 1 heterocycles. The van der Waals surface area contributed by atoms with Gasteiger partial charge in [0.15, 0.2) is 0 Å². The Balaban J connectivity index is 1.60. The Bertz CT molecular complexity index is 729. The molecule has 0 amide bonds. The largest absolute Gasteiger partial charge is 0.299 e. The number of fused-ring (bicyclic) bond motifs is 3. The van der Waals surface area contributed by atoms with E-state index in [4.69, 9.17) is 0 Å². The van der Waals surface area contributed by atoms with Crippen LogP contribution in [0.1, 0.15) is 55.1 Å². The second-order valence-corrected chi connectivity index (χ2v) is 8.53. The van der Waals surface area contributed by atoms with Crippen LogP contribution in [-0.2, 0) is 4.79 Å². The number of carbonyl (C=O) groups is 1. The van der Waals surface area contributed by atoms with Gasteiger partial charge in [-0.15, -0.1) is 0 Å². The zero-order valence-electron chi connectivity index (χ0n) is 15.3. The minimum absolute atomic E-state index is 0.0728. The number of likely N-dealkylation sites (tertiary alicyclic amines) is 1. The van der Waals surface area contributed by atoms with E-state index in [9.17, 15) is 4.79 Å². The van der Waals surface area contributed by atoms with Gasteiger partial charge in [0.1, 0.15) is 5.78 Å². The van der Waals surface area contributed by atoms with Crippen molar-refractivity contribution < 1.29 is 4.79 Å². The first kappa shape index (κ1) is 16.3. The molecule has 2 aromatic rings. The zero-order chi connectivity index (χ0) is 17.6. The maximum Gasteiger partial charge on any atom is 0.139 e. The molecule has 0 spiro atoms. The Morgan fingerprint density at radius 2 is 1.27 bits per heavy atom. The van der Waals surface area contributed by atoms with E-state index >= 15 is 0 Å². The summed E-state index contributed by atoms with van der Waals surface area (Å²) >= 11 is 0. The lowest BCUT2D eigenvalue weighted by atomic mass is 9.52. The lowest BCUT2D eigenvalue weighted by molar-refractivity contribution is -0.139. The Hall–Kier alpha value is -1.93. The molecule has 2 aromatic carbocycles. The summed E-state index contributed by atoms with van der Waals surface area (Å²) in [4.78, 5) is 16.0. The zero-order valence-corrected chi connectivity index (χ0v) is 15.3. The second kappa shape index (κ2) is 6.35. The molecule has 134 valence electrons. The standard InChI is InChI=1S/C24H27NO/c26-22-17-24(25-13-7-8-14-25)15-20(18-9-3-1-4-10-18)23(22)21(16-24)19-11-5-2-6-12-19/h1-6,9-12,20-21,23H,7-8,13-17H2/t20-,21-,23?,24?/m0/s1. The fourth-order valence-corrected chi connectivity index (χ4v) is 6.08. The van der Waals surface area contributed by atoms with E-state index in [1.165, 1.54) is 37.1 Å². The van der Waals surface area contributed by atoms with E-state index in [1.54, 1.807) is 0 Å². The van der Waals surface area contributed by atoms with Crippen LogP contribution in [0.4, 0.5) is 0 Å². The van der Waals surface area contributed by atoms with Crippen LogP contribution >= 0.6 is 0 Å². The number of ketones is 1. The summed E-state index contributed by atoms with van der Waals surface area (Å²) in [6, 6.07) is 21.6. The monoisotopic (exact) mass is 345 g/mol. The van der Waals surface area contributed by atoms with Gasteiger partial charge in [-0.05, 0) is 61.7 Å². The first-order valence-corrected chi connectivity index (χ1v) is 10.1. The maximum absolute atomic E-state index is 13.4. The summed E-state index contributed by atoms with van der Waals surface area (Å²) < 4.78 is 0. The highest BCUT2D eigenvalue weighted by atomic mass is 16.1. The number of benzene rings is 2. The Kier molecular flexibility index (Phi) is 3.97. The maximum atomic E-state index is 13.4. The average Bonchev–Trinajstić information content (AvgIpc) is 3.25. The summed E-state index contributed by atoms with van der Waals surface area (Å²) in [5, 5.41) is 0. The normalized spacial score (nSPS) is 34.3. The third kappa shape index (κ3) is 2.54.